The largest absolute Gasteiger partial charge is 0.313 e. The van der Waals surface area contributed by atoms with E-state index in [4.69, 9.17) is 11.6 Å². The van der Waals surface area contributed by atoms with Gasteiger partial charge in [-0.05, 0) is 35.7 Å². The molecule has 2 aromatic rings. The molecule has 0 amide bonds. The van der Waals surface area contributed by atoms with Crippen molar-refractivity contribution in [2.75, 3.05) is 6.54 Å². The fourth-order valence-electron chi connectivity index (χ4n) is 1.46. The van der Waals surface area contributed by atoms with Crippen LogP contribution in [-0.4, -0.2) is 6.54 Å². The lowest BCUT2D eigenvalue weighted by atomic mass is 10.2. The maximum atomic E-state index is 6.06. The molecule has 90 valence electrons. The Morgan fingerprint density at radius 2 is 2.24 bits per heavy atom. The normalized spacial score (nSPS) is 10.7. The number of rotatable bonds is 5. The van der Waals surface area contributed by atoms with Crippen LogP contribution in [0.15, 0.2) is 44.8 Å². The van der Waals surface area contributed by atoms with Gasteiger partial charge in [0.15, 0.2) is 0 Å². The molecule has 0 aliphatic rings. The SMILES string of the molecule is CCNCc1ccc(Cl)cc1Sc1cccs1. The van der Waals surface area contributed by atoms with E-state index >= 15 is 0 Å². The van der Waals surface area contributed by atoms with Crippen molar-refractivity contribution in [2.45, 2.75) is 22.6 Å². The van der Waals surface area contributed by atoms with Crippen molar-refractivity contribution < 1.29 is 0 Å². The van der Waals surface area contributed by atoms with Crippen molar-refractivity contribution in [3.8, 4) is 0 Å². The molecule has 0 unspecified atom stereocenters. The Bertz CT molecular complexity index is 468. The third kappa shape index (κ3) is 3.75. The standard InChI is InChI=1S/C13H14ClNS2/c1-2-15-9-10-5-6-11(14)8-12(10)17-13-4-3-7-16-13/h3-8,15H,2,9H2,1H3. The molecule has 0 spiro atoms. The number of halogens is 1. The summed E-state index contributed by atoms with van der Waals surface area (Å²) in [6, 6.07) is 10.3. The van der Waals surface area contributed by atoms with E-state index in [0.29, 0.717) is 0 Å². The number of thiophene rings is 1. The highest BCUT2D eigenvalue weighted by molar-refractivity contribution is 8.01. The van der Waals surface area contributed by atoms with Gasteiger partial charge in [-0.15, -0.1) is 11.3 Å². The molecular weight excluding hydrogens is 270 g/mol. The molecule has 0 bridgehead atoms. The van der Waals surface area contributed by atoms with Gasteiger partial charge < -0.3 is 5.32 Å². The zero-order valence-electron chi connectivity index (χ0n) is 9.57. The smallest absolute Gasteiger partial charge is 0.0646 e. The van der Waals surface area contributed by atoms with E-state index in [9.17, 15) is 0 Å². The van der Waals surface area contributed by atoms with E-state index in [-0.39, 0.29) is 0 Å². The summed E-state index contributed by atoms with van der Waals surface area (Å²) in [4.78, 5) is 1.24. The van der Waals surface area contributed by atoms with Crippen LogP contribution in [0.3, 0.4) is 0 Å². The molecule has 0 saturated carbocycles. The molecular formula is C13H14ClNS2. The van der Waals surface area contributed by atoms with Crippen LogP contribution in [0.5, 0.6) is 0 Å². The van der Waals surface area contributed by atoms with E-state index in [1.54, 1.807) is 23.1 Å². The molecule has 0 saturated heterocycles. The van der Waals surface area contributed by atoms with Gasteiger partial charge in [0.1, 0.15) is 0 Å². The Hall–Kier alpha value is -0.480. The van der Waals surface area contributed by atoms with Crippen LogP contribution in [-0.2, 0) is 6.54 Å². The Kier molecular flexibility index (Phi) is 4.92. The van der Waals surface area contributed by atoms with Crippen LogP contribution in [0.25, 0.3) is 0 Å². The second-order valence-corrected chi connectivity index (χ2v) is 6.29. The minimum atomic E-state index is 0.796. The summed E-state index contributed by atoms with van der Waals surface area (Å²) in [6.45, 7) is 3.98. The zero-order chi connectivity index (χ0) is 12.1. The van der Waals surface area contributed by atoms with E-state index in [1.165, 1.54) is 14.7 Å². The predicted octanol–water partition coefficient (Wildman–Crippen LogP) is 4.66. The first-order valence-electron chi connectivity index (χ1n) is 5.50. The zero-order valence-corrected chi connectivity index (χ0v) is 12.0. The molecule has 0 atom stereocenters. The molecule has 1 aromatic carbocycles. The summed E-state index contributed by atoms with van der Waals surface area (Å²) in [5.41, 5.74) is 1.30. The Morgan fingerprint density at radius 3 is 2.94 bits per heavy atom. The molecule has 1 heterocycles. The molecule has 0 aliphatic heterocycles. The number of nitrogens with one attached hydrogen (secondary N) is 1. The number of benzene rings is 1. The molecule has 17 heavy (non-hydrogen) atoms. The highest BCUT2D eigenvalue weighted by Gasteiger charge is 2.06. The van der Waals surface area contributed by atoms with Crippen LogP contribution >= 0.6 is 34.7 Å². The topological polar surface area (TPSA) is 12.0 Å². The van der Waals surface area contributed by atoms with Crippen LogP contribution in [0.1, 0.15) is 12.5 Å². The van der Waals surface area contributed by atoms with Gasteiger partial charge in [-0.1, -0.05) is 42.4 Å². The van der Waals surface area contributed by atoms with Crippen molar-refractivity contribution in [1.29, 1.82) is 0 Å². The molecule has 1 N–H and O–H groups in total. The molecule has 1 nitrogen and oxygen atoms in total. The Morgan fingerprint density at radius 1 is 1.35 bits per heavy atom. The van der Waals surface area contributed by atoms with Gasteiger partial charge in [0.25, 0.3) is 0 Å². The van der Waals surface area contributed by atoms with Crippen LogP contribution < -0.4 is 5.32 Å². The lowest BCUT2D eigenvalue weighted by molar-refractivity contribution is 0.718. The maximum Gasteiger partial charge on any atom is 0.0646 e. The average Bonchev–Trinajstić information content (AvgIpc) is 2.81. The second-order valence-electron chi connectivity index (χ2n) is 3.57. The van der Waals surface area contributed by atoms with Gasteiger partial charge >= 0.3 is 0 Å². The summed E-state index contributed by atoms with van der Waals surface area (Å²) < 4.78 is 1.30. The van der Waals surface area contributed by atoms with Gasteiger partial charge in [-0.2, -0.15) is 0 Å². The van der Waals surface area contributed by atoms with E-state index in [2.05, 4.69) is 35.8 Å². The van der Waals surface area contributed by atoms with Gasteiger partial charge in [-0.3, -0.25) is 0 Å². The van der Waals surface area contributed by atoms with Crippen LogP contribution in [0.2, 0.25) is 5.02 Å². The minimum Gasteiger partial charge on any atom is -0.313 e. The van der Waals surface area contributed by atoms with E-state index < -0.39 is 0 Å². The minimum absolute atomic E-state index is 0.796. The monoisotopic (exact) mass is 283 g/mol. The van der Waals surface area contributed by atoms with Gasteiger partial charge in [0.05, 0.1) is 4.21 Å². The maximum absolute atomic E-state index is 6.06. The Balaban J connectivity index is 2.20. The molecule has 1 aromatic heterocycles. The first-order chi connectivity index (χ1) is 8.29. The Labute approximate surface area is 115 Å². The van der Waals surface area contributed by atoms with Crippen molar-refractivity contribution in [3.05, 3.63) is 46.3 Å². The number of hydrogen-bond acceptors (Lipinski definition) is 3. The molecule has 4 heteroatoms. The highest BCUT2D eigenvalue weighted by Crippen LogP contribution is 2.35. The van der Waals surface area contributed by atoms with Crippen LogP contribution in [0.4, 0.5) is 0 Å². The molecule has 0 fully saturated rings. The van der Waals surface area contributed by atoms with Crippen LogP contribution in [0, 0.1) is 0 Å². The summed E-state index contributed by atoms with van der Waals surface area (Å²) in [5.74, 6) is 0. The summed E-state index contributed by atoms with van der Waals surface area (Å²) >= 11 is 9.60. The van der Waals surface area contributed by atoms with Gasteiger partial charge in [0, 0.05) is 16.5 Å². The van der Waals surface area contributed by atoms with Gasteiger partial charge in [-0.25, -0.2) is 0 Å². The third-order valence-electron chi connectivity index (χ3n) is 2.30. The fraction of sp³-hybridized carbons (Fsp3) is 0.231. The highest BCUT2D eigenvalue weighted by atomic mass is 35.5. The van der Waals surface area contributed by atoms with Crippen molar-refractivity contribution in [2.24, 2.45) is 0 Å². The molecule has 0 aliphatic carbocycles. The van der Waals surface area contributed by atoms with Gasteiger partial charge in [0.2, 0.25) is 0 Å². The summed E-state index contributed by atoms with van der Waals surface area (Å²) in [6.07, 6.45) is 0. The first-order valence-corrected chi connectivity index (χ1v) is 7.57. The summed E-state index contributed by atoms with van der Waals surface area (Å²) in [5, 5.41) is 6.24. The lowest BCUT2D eigenvalue weighted by Gasteiger charge is -2.09. The van der Waals surface area contributed by atoms with Crippen molar-refractivity contribution in [1.82, 2.24) is 5.32 Å². The predicted molar refractivity (Wildman–Crippen MR) is 77.3 cm³/mol. The third-order valence-corrected chi connectivity index (χ3v) is 4.67. The molecule has 2 rings (SSSR count). The lowest BCUT2D eigenvalue weighted by Crippen LogP contribution is -2.12. The summed E-state index contributed by atoms with van der Waals surface area (Å²) in [7, 11) is 0. The quantitative estimate of drug-likeness (QED) is 0.856. The molecule has 0 radical (unpaired) electrons. The van der Waals surface area contributed by atoms with E-state index in [0.717, 1.165) is 18.1 Å². The number of hydrogen-bond donors (Lipinski definition) is 1. The van der Waals surface area contributed by atoms with Crippen molar-refractivity contribution >= 4 is 34.7 Å². The average molecular weight is 284 g/mol. The second kappa shape index (κ2) is 6.45. The first kappa shape index (κ1) is 13.0. The van der Waals surface area contributed by atoms with E-state index in [1.807, 2.05) is 12.1 Å². The fourth-order valence-corrected chi connectivity index (χ4v) is 3.59. The van der Waals surface area contributed by atoms with Crippen molar-refractivity contribution in [3.63, 3.8) is 0 Å².